The van der Waals surface area contributed by atoms with Crippen molar-refractivity contribution in [2.75, 3.05) is 61.5 Å². The van der Waals surface area contributed by atoms with Gasteiger partial charge in [0.2, 0.25) is 5.91 Å². The Kier molecular flexibility index (Phi) is 8.36. The van der Waals surface area contributed by atoms with Crippen LogP contribution >= 0.6 is 0 Å². The largest absolute Gasteiger partial charge is 0.494 e. The number of hydrogen-bond acceptors (Lipinski definition) is 9. The van der Waals surface area contributed by atoms with Gasteiger partial charge in [0, 0.05) is 43.2 Å². The maximum absolute atomic E-state index is 15.0. The predicted molar refractivity (Wildman–Crippen MR) is 158 cm³/mol. The topological polar surface area (TPSA) is 95.1 Å². The zero-order chi connectivity index (χ0) is 29.1. The molecule has 0 aliphatic carbocycles. The molecule has 5 rings (SSSR count). The van der Waals surface area contributed by atoms with Crippen LogP contribution in [0.2, 0.25) is 0 Å². The fourth-order valence-electron chi connectivity index (χ4n) is 5.34. The van der Waals surface area contributed by atoms with E-state index < -0.39 is 0 Å². The maximum Gasteiger partial charge on any atom is 0.247 e. The summed E-state index contributed by atoms with van der Waals surface area (Å²) in [6.07, 6.45) is 4.31. The lowest BCUT2D eigenvalue weighted by Gasteiger charge is -2.26. The van der Waals surface area contributed by atoms with Gasteiger partial charge in [0.1, 0.15) is 23.7 Å². The lowest BCUT2D eigenvalue weighted by molar-refractivity contribution is -0.111. The number of hydroxylamine groups is 1. The first-order chi connectivity index (χ1) is 19.8. The van der Waals surface area contributed by atoms with Crippen LogP contribution in [0.25, 0.3) is 0 Å². The van der Waals surface area contributed by atoms with Gasteiger partial charge in [-0.05, 0) is 45.1 Å². The SMILES string of the molecule is C=CC(=O)Nc1cc(Nc2cc(N3OCC[C@@H]3c3cccc(C)c3F)ncn2)c(OC)cc1N1CCC(N(C)C)C1. The van der Waals surface area contributed by atoms with Crippen LogP contribution in [0.3, 0.4) is 0 Å². The van der Waals surface area contributed by atoms with Gasteiger partial charge in [0.25, 0.3) is 0 Å². The minimum absolute atomic E-state index is 0.241. The second-order valence-corrected chi connectivity index (χ2v) is 10.4. The van der Waals surface area contributed by atoms with E-state index in [1.54, 1.807) is 37.3 Å². The summed E-state index contributed by atoms with van der Waals surface area (Å²) >= 11 is 0. The van der Waals surface area contributed by atoms with Crippen molar-refractivity contribution in [3.8, 4) is 5.75 Å². The van der Waals surface area contributed by atoms with Crippen LogP contribution in [0.1, 0.15) is 30.0 Å². The molecule has 2 aliphatic heterocycles. The van der Waals surface area contributed by atoms with E-state index in [4.69, 9.17) is 9.57 Å². The number of carbonyl (C=O) groups excluding carboxylic acids is 1. The zero-order valence-corrected chi connectivity index (χ0v) is 23.9. The molecule has 0 spiro atoms. The van der Waals surface area contributed by atoms with Crippen LogP contribution < -0.4 is 25.3 Å². The van der Waals surface area contributed by atoms with Crippen LogP contribution in [0.15, 0.2) is 55.4 Å². The van der Waals surface area contributed by atoms with Crippen molar-refractivity contribution < 1.29 is 18.8 Å². The molecule has 41 heavy (non-hydrogen) atoms. The van der Waals surface area contributed by atoms with E-state index in [0.29, 0.717) is 59.0 Å². The molecule has 3 heterocycles. The Morgan fingerprint density at radius 1 is 1.22 bits per heavy atom. The second-order valence-electron chi connectivity index (χ2n) is 10.4. The lowest BCUT2D eigenvalue weighted by atomic mass is 10.0. The molecule has 3 aromatic rings. The summed E-state index contributed by atoms with van der Waals surface area (Å²) < 4.78 is 20.7. The molecule has 1 unspecified atom stereocenters. The third kappa shape index (κ3) is 5.96. The van der Waals surface area contributed by atoms with E-state index in [9.17, 15) is 9.18 Å². The number of likely N-dealkylation sites (N-methyl/N-ethyl adjacent to an activating group) is 1. The summed E-state index contributed by atoms with van der Waals surface area (Å²) in [7, 11) is 5.75. The number of aryl methyl sites for hydroxylation is 1. The Bertz CT molecular complexity index is 1430. The zero-order valence-electron chi connectivity index (χ0n) is 23.9. The fourth-order valence-corrected chi connectivity index (χ4v) is 5.34. The third-order valence-electron chi connectivity index (χ3n) is 7.62. The number of halogens is 1. The fraction of sp³-hybridized carbons (Fsp3) is 0.367. The van der Waals surface area contributed by atoms with E-state index in [0.717, 1.165) is 25.2 Å². The van der Waals surface area contributed by atoms with Gasteiger partial charge in [-0.25, -0.2) is 19.4 Å². The average Bonchev–Trinajstić information content (AvgIpc) is 3.66. The number of amides is 1. The van der Waals surface area contributed by atoms with Crippen molar-refractivity contribution in [2.45, 2.75) is 31.8 Å². The number of aromatic nitrogens is 2. The van der Waals surface area contributed by atoms with Crippen molar-refractivity contribution in [1.29, 1.82) is 0 Å². The first-order valence-electron chi connectivity index (χ1n) is 13.6. The molecule has 2 aliphatic rings. The number of ether oxygens (including phenoxy) is 1. The number of rotatable bonds is 9. The quantitative estimate of drug-likeness (QED) is 0.357. The number of carbonyl (C=O) groups is 1. The maximum atomic E-state index is 15.0. The van der Waals surface area contributed by atoms with E-state index in [1.165, 1.54) is 12.4 Å². The molecule has 2 N–H and O–H groups in total. The molecule has 0 saturated carbocycles. The van der Waals surface area contributed by atoms with E-state index >= 15 is 0 Å². The lowest BCUT2D eigenvalue weighted by Crippen LogP contribution is -2.31. The second kappa shape index (κ2) is 12.1. The minimum atomic E-state index is -0.321. The summed E-state index contributed by atoms with van der Waals surface area (Å²) in [6, 6.07) is 11.0. The normalized spacial score (nSPS) is 18.6. The first kappa shape index (κ1) is 28.3. The summed E-state index contributed by atoms with van der Waals surface area (Å²) in [5.41, 5.74) is 3.25. The van der Waals surface area contributed by atoms with Gasteiger partial charge in [0.15, 0.2) is 5.82 Å². The summed E-state index contributed by atoms with van der Waals surface area (Å²) in [5, 5.41) is 7.88. The monoisotopic (exact) mass is 561 g/mol. The molecule has 2 atom stereocenters. The average molecular weight is 562 g/mol. The Balaban J connectivity index is 1.45. The Labute approximate surface area is 239 Å². The highest BCUT2D eigenvalue weighted by molar-refractivity contribution is 6.02. The molecular formula is C30H36FN7O3. The molecule has 0 bridgehead atoms. The van der Waals surface area contributed by atoms with Gasteiger partial charge in [-0.2, -0.15) is 0 Å². The number of benzene rings is 2. The molecule has 1 amide bonds. The van der Waals surface area contributed by atoms with Crippen LogP contribution in [0.4, 0.5) is 33.1 Å². The van der Waals surface area contributed by atoms with Gasteiger partial charge in [-0.3, -0.25) is 9.63 Å². The highest BCUT2D eigenvalue weighted by Gasteiger charge is 2.32. The summed E-state index contributed by atoms with van der Waals surface area (Å²) in [4.78, 5) is 31.5. The molecule has 10 nitrogen and oxygen atoms in total. The molecule has 0 radical (unpaired) electrons. The van der Waals surface area contributed by atoms with Crippen molar-refractivity contribution in [1.82, 2.24) is 14.9 Å². The summed E-state index contributed by atoms with van der Waals surface area (Å²) in [5.74, 6) is 1.01. The van der Waals surface area contributed by atoms with E-state index in [2.05, 4.69) is 51.1 Å². The van der Waals surface area contributed by atoms with Crippen molar-refractivity contribution in [3.05, 3.63) is 72.3 Å². The molecule has 2 aromatic carbocycles. The van der Waals surface area contributed by atoms with Crippen LogP contribution in [0.5, 0.6) is 5.75 Å². The van der Waals surface area contributed by atoms with E-state index in [-0.39, 0.29) is 17.8 Å². The minimum Gasteiger partial charge on any atom is -0.494 e. The highest BCUT2D eigenvalue weighted by atomic mass is 19.1. The van der Waals surface area contributed by atoms with Crippen LogP contribution in [-0.4, -0.2) is 67.7 Å². The van der Waals surface area contributed by atoms with Gasteiger partial charge < -0.3 is 25.2 Å². The van der Waals surface area contributed by atoms with Crippen LogP contribution in [-0.2, 0) is 9.63 Å². The van der Waals surface area contributed by atoms with Gasteiger partial charge >= 0.3 is 0 Å². The van der Waals surface area contributed by atoms with Crippen molar-refractivity contribution in [3.63, 3.8) is 0 Å². The highest BCUT2D eigenvalue weighted by Crippen LogP contribution is 2.41. The molecular weight excluding hydrogens is 525 g/mol. The Morgan fingerprint density at radius 2 is 2.05 bits per heavy atom. The van der Waals surface area contributed by atoms with Gasteiger partial charge in [0.05, 0.1) is 36.8 Å². The predicted octanol–water partition coefficient (Wildman–Crippen LogP) is 4.82. The summed E-state index contributed by atoms with van der Waals surface area (Å²) in [6.45, 7) is 7.47. The number of methoxy groups -OCH3 is 1. The standard InChI is InChI=1S/C30H36FN7O3/c1-6-29(39)35-22-14-23(26(40-5)15-25(22)37-12-10-20(17-37)36(3)4)34-27-16-28(33-18-32-27)38-24(11-13-41-38)21-9-7-8-19(2)30(21)31/h6-9,14-16,18,20,24H,1,10-13,17H2,2-5H3,(H,35,39)(H,32,33,34)/t20?,24-/m1/s1. The number of nitrogens with zero attached hydrogens (tertiary/aromatic N) is 5. The van der Waals surface area contributed by atoms with Crippen LogP contribution in [0, 0.1) is 12.7 Å². The molecule has 11 heteroatoms. The molecule has 2 fully saturated rings. The van der Waals surface area contributed by atoms with Gasteiger partial charge in [-0.15, -0.1) is 0 Å². The van der Waals surface area contributed by atoms with Crippen molar-refractivity contribution >= 4 is 34.6 Å². The smallest absolute Gasteiger partial charge is 0.247 e. The number of anilines is 5. The van der Waals surface area contributed by atoms with Crippen molar-refractivity contribution in [2.24, 2.45) is 0 Å². The Hall–Kier alpha value is -4.22. The molecule has 2 saturated heterocycles. The third-order valence-corrected chi connectivity index (χ3v) is 7.62. The van der Waals surface area contributed by atoms with Gasteiger partial charge in [-0.1, -0.05) is 24.8 Å². The number of hydrogen-bond donors (Lipinski definition) is 2. The Morgan fingerprint density at radius 3 is 2.78 bits per heavy atom. The van der Waals surface area contributed by atoms with E-state index in [1.807, 2.05) is 18.2 Å². The number of nitrogens with one attached hydrogen (secondary N) is 2. The molecule has 1 aromatic heterocycles. The first-order valence-corrected chi connectivity index (χ1v) is 13.6. The molecule has 216 valence electrons.